The molecule has 2 saturated heterocycles. The van der Waals surface area contributed by atoms with Crippen LogP contribution in [0, 0.1) is 11.8 Å². The molecule has 2 fully saturated rings. The zero-order chi connectivity index (χ0) is 15.1. The van der Waals surface area contributed by atoms with Gasteiger partial charge in [0.05, 0.1) is 18.9 Å². The normalized spacial score (nSPS) is 31.4. The summed E-state index contributed by atoms with van der Waals surface area (Å²) in [6.07, 6.45) is 0. The number of methoxy groups -OCH3 is 1. The molecule has 0 aliphatic carbocycles. The Morgan fingerprint density at radius 3 is 2.38 bits per heavy atom. The van der Waals surface area contributed by atoms with Crippen molar-refractivity contribution in [2.75, 3.05) is 14.2 Å². The van der Waals surface area contributed by atoms with Crippen LogP contribution in [0.25, 0.3) is 0 Å². The molecule has 0 aromatic heterocycles. The summed E-state index contributed by atoms with van der Waals surface area (Å²) in [7, 11) is 2.74. The second-order valence-electron chi connectivity index (χ2n) is 5.34. The van der Waals surface area contributed by atoms with Gasteiger partial charge in [-0.1, -0.05) is 30.3 Å². The maximum atomic E-state index is 12.4. The lowest BCUT2D eigenvalue weighted by atomic mass is 9.86. The Morgan fingerprint density at radius 2 is 1.76 bits per heavy atom. The average Bonchev–Trinajstić information content (AvgIpc) is 3.01. The highest BCUT2D eigenvalue weighted by atomic mass is 16.5. The molecule has 2 unspecified atom stereocenters. The van der Waals surface area contributed by atoms with E-state index in [1.54, 1.807) is 0 Å². The van der Waals surface area contributed by atoms with Crippen LogP contribution in [0.15, 0.2) is 30.3 Å². The molecule has 1 aromatic rings. The van der Waals surface area contributed by atoms with Gasteiger partial charge in [0.1, 0.15) is 6.04 Å². The number of carbonyl (C=O) groups is 3. The van der Waals surface area contributed by atoms with Crippen LogP contribution in [0.2, 0.25) is 0 Å². The summed E-state index contributed by atoms with van der Waals surface area (Å²) >= 11 is 0. The standard InChI is InChI=1S/C15H16N2O4/c1-17-13(18)9-10(14(17)19)12(15(20)21-2)16-11(9)8-6-4-3-5-7-8/h3-7,9-12,16H,1-2H3/t9?,10?,11-,12-/m1/s1. The number of ether oxygens (including phenoxy) is 1. The molecule has 1 aromatic carbocycles. The molecule has 0 bridgehead atoms. The van der Waals surface area contributed by atoms with Crippen molar-refractivity contribution in [1.29, 1.82) is 0 Å². The number of fused-ring (bicyclic) bond motifs is 1. The third-order valence-electron chi connectivity index (χ3n) is 4.31. The second kappa shape index (κ2) is 4.96. The van der Waals surface area contributed by atoms with Gasteiger partial charge in [-0.3, -0.25) is 24.6 Å². The Bertz CT molecular complexity index is 601. The number of carbonyl (C=O) groups excluding carboxylic acids is 3. The van der Waals surface area contributed by atoms with E-state index in [1.807, 2.05) is 30.3 Å². The number of hydrogen-bond donors (Lipinski definition) is 1. The summed E-state index contributed by atoms with van der Waals surface area (Å²) in [5.41, 5.74) is 0.885. The first-order valence-electron chi connectivity index (χ1n) is 6.76. The number of esters is 1. The summed E-state index contributed by atoms with van der Waals surface area (Å²) in [6.45, 7) is 0. The molecule has 0 radical (unpaired) electrons. The number of rotatable bonds is 2. The Kier molecular flexibility index (Phi) is 3.25. The van der Waals surface area contributed by atoms with Crippen molar-refractivity contribution in [1.82, 2.24) is 10.2 Å². The van der Waals surface area contributed by atoms with Crippen LogP contribution in [-0.4, -0.2) is 42.9 Å². The fourth-order valence-electron chi connectivity index (χ4n) is 3.27. The maximum Gasteiger partial charge on any atom is 0.323 e. The second-order valence-corrected chi connectivity index (χ2v) is 5.34. The molecule has 2 amide bonds. The highest BCUT2D eigenvalue weighted by Crippen LogP contribution is 2.43. The van der Waals surface area contributed by atoms with E-state index >= 15 is 0 Å². The minimum Gasteiger partial charge on any atom is -0.468 e. The third kappa shape index (κ3) is 1.94. The van der Waals surface area contributed by atoms with Crippen LogP contribution in [0.1, 0.15) is 11.6 Å². The first-order valence-corrected chi connectivity index (χ1v) is 6.76. The molecule has 2 aliphatic rings. The van der Waals surface area contributed by atoms with Gasteiger partial charge in [-0.15, -0.1) is 0 Å². The molecule has 4 atom stereocenters. The van der Waals surface area contributed by atoms with E-state index in [2.05, 4.69) is 5.32 Å². The van der Waals surface area contributed by atoms with E-state index in [0.29, 0.717) is 0 Å². The maximum absolute atomic E-state index is 12.4. The average molecular weight is 288 g/mol. The molecule has 1 N–H and O–H groups in total. The van der Waals surface area contributed by atoms with Crippen molar-refractivity contribution in [2.45, 2.75) is 12.1 Å². The van der Waals surface area contributed by atoms with E-state index in [0.717, 1.165) is 10.5 Å². The predicted molar refractivity (Wildman–Crippen MR) is 72.9 cm³/mol. The summed E-state index contributed by atoms with van der Waals surface area (Å²) in [5, 5.41) is 3.10. The third-order valence-corrected chi connectivity index (χ3v) is 4.31. The number of nitrogens with zero attached hydrogens (tertiary/aromatic N) is 1. The lowest BCUT2D eigenvalue weighted by Gasteiger charge is -2.19. The topological polar surface area (TPSA) is 75.7 Å². The number of likely N-dealkylation sites (tertiary alicyclic amines) is 1. The first kappa shape index (κ1) is 13.8. The first-order chi connectivity index (χ1) is 10.1. The molecular formula is C15H16N2O4. The fourth-order valence-corrected chi connectivity index (χ4v) is 3.27. The number of amides is 2. The summed E-state index contributed by atoms with van der Waals surface area (Å²) < 4.78 is 4.76. The van der Waals surface area contributed by atoms with Crippen LogP contribution >= 0.6 is 0 Å². The van der Waals surface area contributed by atoms with Crippen LogP contribution in [0.4, 0.5) is 0 Å². The fraction of sp³-hybridized carbons (Fsp3) is 0.400. The van der Waals surface area contributed by atoms with Crippen molar-refractivity contribution in [3.05, 3.63) is 35.9 Å². The molecule has 6 heteroatoms. The van der Waals surface area contributed by atoms with E-state index in [-0.39, 0.29) is 17.9 Å². The van der Waals surface area contributed by atoms with Crippen LogP contribution < -0.4 is 5.32 Å². The van der Waals surface area contributed by atoms with Gasteiger partial charge in [0.2, 0.25) is 11.8 Å². The lowest BCUT2D eigenvalue weighted by molar-refractivity contribution is -0.147. The number of benzene rings is 1. The quantitative estimate of drug-likeness (QED) is 0.617. The van der Waals surface area contributed by atoms with E-state index < -0.39 is 23.8 Å². The molecule has 2 heterocycles. The van der Waals surface area contributed by atoms with Gasteiger partial charge in [-0.05, 0) is 5.56 Å². The van der Waals surface area contributed by atoms with Crippen LogP contribution in [0.3, 0.4) is 0 Å². The highest BCUT2D eigenvalue weighted by molar-refractivity contribution is 6.08. The van der Waals surface area contributed by atoms with Crippen molar-refractivity contribution in [3.8, 4) is 0 Å². The van der Waals surface area contributed by atoms with Crippen molar-refractivity contribution in [2.24, 2.45) is 11.8 Å². The van der Waals surface area contributed by atoms with Crippen LogP contribution in [0.5, 0.6) is 0 Å². The van der Waals surface area contributed by atoms with Gasteiger partial charge >= 0.3 is 5.97 Å². The number of nitrogens with one attached hydrogen (secondary N) is 1. The predicted octanol–water partition coefficient (Wildman–Crippen LogP) is 0.103. The Morgan fingerprint density at radius 1 is 1.14 bits per heavy atom. The smallest absolute Gasteiger partial charge is 0.323 e. The van der Waals surface area contributed by atoms with Gasteiger partial charge in [0, 0.05) is 13.1 Å². The molecular weight excluding hydrogens is 272 g/mol. The van der Waals surface area contributed by atoms with Gasteiger partial charge < -0.3 is 4.74 Å². The minimum absolute atomic E-state index is 0.252. The molecule has 21 heavy (non-hydrogen) atoms. The Hall–Kier alpha value is -2.21. The Balaban J connectivity index is 2.02. The van der Waals surface area contributed by atoms with Gasteiger partial charge in [-0.25, -0.2) is 0 Å². The van der Waals surface area contributed by atoms with E-state index in [1.165, 1.54) is 14.2 Å². The SMILES string of the molecule is COC(=O)[C@@H]1N[C@H](c2ccccc2)C2C(=O)N(C)C(=O)C21. The molecule has 110 valence electrons. The zero-order valence-electron chi connectivity index (χ0n) is 11.8. The highest BCUT2D eigenvalue weighted by Gasteiger charge is 2.60. The van der Waals surface area contributed by atoms with Crippen molar-refractivity contribution >= 4 is 17.8 Å². The number of imide groups is 1. The van der Waals surface area contributed by atoms with Crippen molar-refractivity contribution in [3.63, 3.8) is 0 Å². The van der Waals surface area contributed by atoms with Crippen molar-refractivity contribution < 1.29 is 19.1 Å². The monoisotopic (exact) mass is 288 g/mol. The molecule has 0 spiro atoms. The Labute approximate surface area is 122 Å². The summed E-state index contributed by atoms with van der Waals surface area (Å²) in [4.78, 5) is 37.7. The summed E-state index contributed by atoms with van der Waals surface area (Å²) in [6, 6.07) is 8.22. The minimum atomic E-state index is -0.786. The molecule has 3 rings (SSSR count). The zero-order valence-corrected chi connectivity index (χ0v) is 11.8. The summed E-state index contributed by atoms with van der Waals surface area (Å²) in [5.74, 6) is -2.35. The lowest BCUT2D eigenvalue weighted by Crippen LogP contribution is -2.42. The molecule has 2 aliphatic heterocycles. The van der Waals surface area contributed by atoms with E-state index in [9.17, 15) is 14.4 Å². The van der Waals surface area contributed by atoms with E-state index in [4.69, 9.17) is 4.74 Å². The molecule has 0 saturated carbocycles. The molecule has 6 nitrogen and oxygen atoms in total. The largest absolute Gasteiger partial charge is 0.468 e. The van der Waals surface area contributed by atoms with Gasteiger partial charge in [0.25, 0.3) is 0 Å². The van der Waals surface area contributed by atoms with Crippen LogP contribution in [-0.2, 0) is 19.1 Å². The van der Waals surface area contributed by atoms with Gasteiger partial charge in [0.15, 0.2) is 0 Å². The number of hydrogen-bond acceptors (Lipinski definition) is 5. The van der Waals surface area contributed by atoms with Gasteiger partial charge in [-0.2, -0.15) is 0 Å².